The maximum atomic E-state index is 12.8. The molecule has 0 aliphatic rings. The molecule has 3 N–H and O–H groups in total. The van der Waals surface area contributed by atoms with Gasteiger partial charge in [0.1, 0.15) is 5.82 Å². The summed E-state index contributed by atoms with van der Waals surface area (Å²) in [5.41, 5.74) is 4.62. The summed E-state index contributed by atoms with van der Waals surface area (Å²) in [7, 11) is 0. The smallest absolute Gasteiger partial charge is 0.336 e. The van der Waals surface area contributed by atoms with Gasteiger partial charge in [0, 0.05) is 5.69 Å². The largest absolute Gasteiger partial charge is 0.478 e. The lowest BCUT2D eigenvalue weighted by Gasteiger charge is -2.05. The van der Waals surface area contributed by atoms with Crippen molar-refractivity contribution < 1.29 is 19.1 Å². The summed E-state index contributed by atoms with van der Waals surface area (Å²) in [6.45, 7) is 1.18. The fourth-order valence-electron chi connectivity index (χ4n) is 1.19. The Morgan fingerprint density at radius 3 is 2.43 bits per heavy atom. The molecule has 1 aromatic rings. The molecule has 0 atom stereocenters. The van der Waals surface area contributed by atoms with Crippen LogP contribution in [0.1, 0.15) is 27.6 Å². The second kappa shape index (κ2) is 3.45. The molecule has 0 amide bonds. The van der Waals surface area contributed by atoms with E-state index in [2.05, 4.69) is 0 Å². The molecule has 1 aromatic carbocycles. The van der Waals surface area contributed by atoms with Gasteiger partial charge in [-0.15, -0.1) is 0 Å². The van der Waals surface area contributed by atoms with E-state index in [1.54, 1.807) is 0 Å². The van der Waals surface area contributed by atoms with Gasteiger partial charge in [0.05, 0.1) is 11.1 Å². The van der Waals surface area contributed by atoms with Crippen LogP contribution in [0.5, 0.6) is 0 Å². The van der Waals surface area contributed by atoms with Crippen molar-refractivity contribution in [2.24, 2.45) is 0 Å². The molecule has 4 nitrogen and oxygen atoms in total. The Hall–Kier alpha value is -1.91. The number of carbonyl (C=O) groups is 2. The molecular formula is C9H8FNO3. The lowest BCUT2D eigenvalue weighted by atomic mass is 10.0. The van der Waals surface area contributed by atoms with Crippen molar-refractivity contribution in [3.8, 4) is 0 Å². The van der Waals surface area contributed by atoms with Crippen LogP contribution in [0.2, 0.25) is 0 Å². The van der Waals surface area contributed by atoms with Crippen LogP contribution in [-0.4, -0.2) is 16.9 Å². The van der Waals surface area contributed by atoms with Crippen LogP contribution < -0.4 is 5.73 Å². The summed E-state index contributed by atoms with van der Waals surface area (Å²) < 4.78 is 12.8. The van der Waals surface area contributed by atoms with Gasteiger partial charge in [0.2, 0.25) is 0 Å². The number of halogens is 1. The molecule has 0 radical (unpaired) electrons. The molecule has 0 heterocycles. The quantitative estimate of drug-likeness (QED) is 0.553. The Labute approximate surface area is 79.1 Å². The topological polar surface area (TPSA) is 80.4 Å². The van der Waals surface area contributed by atoms with Crippen molar-refractivity contribution in [1.29, 1.82) is 0 Å². The highest BCUT2D eigenvalue weighted by Crippen LogP contribution is 2.19. The molecule has 0 spiro atoms. The van der Waals surface area contributed by atoms with E-state index < -0.39 is 23.1 Å². The number of rotatable bonds is 2. The molecule has 0 saturated carbocycles. The number of Topliss-reactive ketones (excluding diaryl/α,β-unsaturated/α-hetero) is 1. The van der Waals surface area contributed by atoms with Crippen LogP contribution in [0.4, 0.5) is 10.1 Å². The first kappa shape index (κ1) is 10.2. The fraction of sp³-hybridized carbons (Fsp3) is 0.111. The van der Waals surface area contributed by atoms with Crippen molar-refractivity contribution in [2.75, 3.05) is 5.73 Å². The number of benzene rings is 1. The summed E-state index contributed by atoms with van der Waals surface area (Å²) in [5.74, 6) is -2.65. The average Bonchev–Trinajstić information content (AvgIpc) is 2.01. The third-order valence-corrected chi connectivity index (χ3v) is 1.72. The van der Waals surface area contributed by atoms with E-state index in [0.29, 0.717) is 0 Å². The minimum absolute atomic E-state index is 0.154. The average molecular weight is 197 g/mol. The number of aromatic carboxylic acids is 1. The molecule has 5 heteroatoms. The van der Waals surface area contributed by atoms with Crippen LogP contribution in [0.15, 0.2) is 12.1 Å². The van der Waals surface area contributed by atoms with Gasteiger partial charge in [0.25, 0.3) is 0 Å². The van der Waals surface area contributed by atoms with Gasteiger partial charge in [-0.3, -0.25) is 4.79 Å². The van der Waals surface area contributed by atoms with Gasteiger partial charge >= 0.3 is 5.97 Å². The zero-order chi connectivity index (χ0) is 10.9. The Morgan fingerprint density at radius 1 is 1.43 bits per heavy atom. The lowest BCUT2D eigenvalue weighted by Crippen LogP contribution is -2.10. The van der Waals surface area contributed by atoms with Crippen molar-refractivity contribution in [2.45, 2.75) is 6.92 Å². The summed E-state index contributed by atoms with van der Waals surface area (Å²) in [4.78, 5) is 21.7. The molecule has 74 valence electrons. The number of ketones is 1. The third kappa shape index (κ3) is 1.71. The molecule has 0 aliphatic carbocycles. The SMILES string of the molecule is CC(=O)c1c(N)cc(F)cc1C(=O)O. The fourth-order valence-corrected chi connectivity index (χ4v) is 1.19. The second-order valence-corrected chi connectivity index (χ2v) is 2.78. The Morgan fingerprint density at radius 2 is 2.00 bits per heavy atom. The van der Waals surface area contributed by atoms with Crippen molar-refractivity contribution in [3.05, 3.63) is 29.1 Å². The highest BCUT2D eigenvalue weighted by molar-refractivity contribution is 6.08. The monoisotopic (exact) mass is 197 g/mol. The van der Waals surface area contributed by atoms with Gasteiger partial charge in [0.15, 0.2) is 5.78 Å². The maximum Gasteiger partial charge on any atom is 0.336 e. The van der Waals surface area contributed by atoms with Crippen LogP contribution in [0.3, 0.4) is 0 Å². The zero-order valence-corrected chi connectivity index (χ0v) is 7.37. The number of hydrogen-bond donors (Lipinski definition) is 2. The first-order chi connectivity index (χ1) is 6.43. The molecule has 14 heavy (non-hydrogen) atoms. The molecule has 1 rings (SSSR count). The van der Waals surface area contributed by atoms with Gasteiger partial charge in [-0.25, -0.2) is 9.18 Å². The minimum Gasteiger partial charge on any atom is -0.478 e. The van der Waals surface area contributed by atoms with Crippen LogP contribution >= 0.6 is 0 Å². The first-order valence-corrected chi connectivity index (χ1v) is 3.76. The van der Waals surface area contributed by atoms with Crippen LogP contribution in [0.25, 0.3) is 0 Å². The molecule has 0 aromatic heterocycles. The van der Waals surface area contributed by atoms with E-state index in [0.717, 1.165) is 12.1 Å². The number of carboxylic acid groups (broad SMARTS) is 1. The lowest BCUT2D eigenvalue weighted by molar-refractivity contribution is 0.0692. The van der Waals surface area contributed by atoms with Gasteiger partial charge in [-0.1, -0.05) is 0 Å². The summed E-state index contributed by atoms with van der Waals surface area (Å²) in [6, 6.07) is 1.69. The normalized spacial score (nSPS) is 9.86. The number of nitrogen functional groups attached to an aromatic ring is 1. The predicted octanol–water partition coefficient (Wildman–Crippen LogP) is 1.31. The number of hydrogen-bond acceptors (Lipinski definition) is 3. The first-order valence-electron chi connectivity index (χ1n) is 3.76. The Kier molecular flexibility index (Phi) is 2.51. The molecule has 0 saturated heterocycles. The van der Waals surface area contributed by atoms with Gasteiger partial charge in [-0.2, -0.15) is 0 Å². The molecule has 0 fully saturated rings. The molecule has 0 unspecified atom stereocenters. The number of nitrogens with two attached hydrogens (primary N) is 1. The standard InChI is InChI=1S/C9H8FNO3/c1-4(12)8-6(9(13)14)2-5(10)3-7(8)11/h2-3H,11H2,1H3,(H,13,14). The highest BCUT2D eigenvalue weighted by Gasteiger charge is 2.17. The molecular weight excluding hydrogens is 189 g/mol. The molecule has 0 bridgehead atoms. The van der Waals surface area contributed by atoms with Gasteiger partial charge < -0.3 is 10.8 Å². The zero-order valence-electron chi connectivity index (χ0n) is 7.37. The van der Waals surface area contributed by atoms with E-state index in [4.69, 9.17) is 10.8 Å². The van der Waals surface area contributed by atoms with Gasteiger partial charge in [-0.05, 0) is 19.1 Å². The van der Waals surface area contributed by atoms with Crippen molar-refractivity contribution >= 4 is 17.4 Å². The van der Waals surface area contributed by atoms with Crippen LogP contribution in [-0.2, 0) is 0 Å². The third-order valence-electron chi connectivity index (χ3n) is 1.72. The summed E-state index contributed by atoms with van der Waals surface area (Å²) >= 11 is 0. The predicted molar refractivity (Wildman–Crippen MR) is 47.8 cm³/mol. The highest BCUT2D eigenvalue weighted by atomic mass is 19.1. The van der Waals surface area contributed by atoms with Crippen molar-refractivity contribution in [1.82, 2.24) is 0 Å². The summed E-state index contributed by atoms with van der Waals surface area (Å²) in [6.07, 6.45) is 0. The summed E-state index contributed by atoms with van der Waals surface area (Å²) in [5, 5.41) is 8.69. The van der Waals surface area contributed by atoms with Crippen molar-refractivity contribution in [3.63, 3.8) is 0 Å². The van der Waals surface area contributed by atoms with E-state index in [-0.39, 0.29) is 11.3 Å². The van der Waals surface area contributed by atoms with E-state index in [1.807, 2.05) is 0 Å². The second-order valence-electron chi connectivity index (χ2n) is 2.78. The van der Waals surface area contributed by atoms with Crippen LogP contribution in [0, 0.1) is 5.82 Å². The molecule has 0 aliphatic heterocycles. The van der Waals surface area contributed by atoms with E-state index >= 15 is 0 Å². The minimum atomic E-state index is -1.37. The maximum absolute atomic E-state index is 12.8. The Bertz CT molecular complexity index is 415. The number of carboxylic acids is 1. The van der Waals surface area contributed by atoms with E-state index in [1.165, 1.54) is 6.92 Å². The van der Waals surface area contributed by atoms with E-state index in [9.17, 15) is 14.0 Å². The number of carbonyl (C=O) groups excluding carboxylic acids is 1. The Balaban J connectivity index is 3.52. The number of anilines is 1.